The summed E-state index contributed by atoms with van der Waals surface area (Å²) in [4.78, 5) is 7.94. The summed E-state index contributed by atoms with van der Waals surface area (Å²) in [5, 5.41) is 2.50. The van der Waals surface area contributed by atoms with Crippen LogP contribution in [0.25, 0.3) is 10.8 Å². The third kappa shape index (κ3) is 2.42. The van der Waals surface area contributed by atoms with Gasteiger partial charge >= 0.3 is 0 Å². The van der Waals surface area contributed by atoms with Gasteiger partial charge in [-0.05, 0) is 28.1 Å². The van der Waals surface area contributed by atoms with Crippen molar-refractivity contribution in [3.63, 3.8) is 0 Å². The first-order chi connectivity index (χ1) is 9.65. The molecule has 3 aromatic rings. The van der Waals surface area contributed by atoms with Gasteiger partial charge < -0.3 is 10.5 Å². The third-order valence-corrected chi connectivity index (χ3v) is 3.64. The first-order valence-electron chi connectivity index (χ1n) is 5.78. The van der Waals surface area contributed by atoms with Crippen molar-refractivity contribution in [1.82, 2.24) is 9.97 Å². The first-order valence-corrected chi connectivity index (χ1v) is 6.95. The quantitative estimate of drug-likeness (QED) is 0.743. The Balaban J connectivity index is 2.11. The van der Waals surface area contributed by atoms with E-state index in [2.05, 4.69) is 25.9 Å². The van der Waals surface area contributed by atoms with E-state index in [1.54, 1.807) is 18.3 Å². The molecule has 0 amide bonds. The number of anilines is 1. The summed E-state index contributed by atoms with van der Waals surface area (Å²) in [7, 11) is 0. The Morgan fingerprint density at radius 1 is 1.10 bits per heavy atom. The average Bonchev–Trinajstić information content (AvgIpc) is 2.46. The molecule has 1 aromatic heterocycles. The molecule has 0 saturated carbocycles. The van der Waals surface area contributed by atoms with Crippen molar-refractivity contribution in [1.29, 1.82) is 0 Å². The Labute approximate surface area is 128 Å². The van der Waals surface area contributed by atoms with Gasteiger partial charge in [0.1, 0.15) is 5.75 Å². The van der Waals surface area contributed by atoms with E-state index >= 15 is 0 Å². The van der Waals surface area contributed by atoms with Gasteiger partial charge in [-0.25, -0.2) is 4.98 Å². The molecule has 0 radical (unpaired) electrons. The Morgan fingerprint density at radius 3 is 2.65 bits per heavy atom. The molecule has 3 rings (SSSR count). The zero-order chi connectivity index (χ0) is 14.1. The normalized spacial score (nSPS) is 10.7. The van der Waals surface area contributed by atoms with E-state index < -0.39 is 0 Å². The zero-order valence-electron chi connectivity index (χ0n) is 10.2. The largest absolute Gasteiger partial charge is 0.437 e. The van der Waals surface area contributed by atoms with Gasteiger partial charge in [0.05, 0.1) is 10.7 Å². The molecule has 0 unspecified atom stereocenters. The number of nitrogens with zero attached hydrogens (tertiary/aromatic N) is 2. The highest BCUT2D eigenvalue weighted by Gasteiger charge is 2.10. The van der Waals surface area contributed by atoms with Crippen LogP contribution in [0.3, 0.4) is 0 Å². The second-order valence-corrected chi connectivity index (χ2v) is 5.34. The fraction of sp³-hybridized carbons (Fsp3) is 0. The summed E-state index contributed by atoms with van der Waals surface area (Å²) >= 11 is 9.51. The average molecular weight is 351 g/mol. The van der Waals surface area contributed by atoms with Gasteiger partial charge in [-0.1, -0.05) is 35.9 Å². The number of hydrogen-bond acceptors (Lipinski definition) is 4. The highest BCUT2D eigenvalue weighted by molar-refractivity contribution is 9.10. The molecule has 0 aliphatic carbocycles. The van der Waals surface area contributed by atoms with Crippen LogP contribution in [-0.4, -0.2) is 9.97 Å². The van der Waals surface area contributed by atoms with Crippen LogP contribution in [-0.2, 0) is 0 Å². The molecule has 0 spiro atoms. The fourth-order valence-electron chi connectivity index (χ4n) is 1.86. The maximum absolute atomic E-state index is 6.18. The monoisotopic (exact) mass is 349 g/mol. The van der Waals surface area contributed by atoms with Crippen LogP contribution in [0.2, 0.25) is 5.02 Å². The molecule has 20 heavy (non-hydrogen) atoms. The number of hydrogen-bond donors (Lipinski definition) is 1. The van der Waals surface area contributed by atoms with Crippen LogP contribution >= 0.6 is 27.5 Å². The molecule has 0 saturated heterocycles. The van der Waals surface area contributed by atoms with Crippen molar-refractivity contribution >= 4 is 44.3 Å². The van der Waals surface area contributed by atoms with E-state index in [-0.39, 0.29) is 5.95 Å². The van der Waals surface area contributed by atoms with Crippen LogP contribution in [0.15, 0.2) is 47.1 Å². The molecule has 0 fully saturated rings. The molecule has 2 N–H and O–H groups in total. The van der Waals surface area contributed by atoms with Crippen molar-refractivity contribution in [2.75, 3.05) is 5.73 Å². The topological polar surface area (TPSA) is 61.0 Å². The maximum Gasteiger partial charge on any atom is 0.238 e. The second-order valence-electron chi connectivity index (χ2n) is 4.07. The molecule has 6 heteroatoms. The highest BCUT2D eigenvalue weighted by Crippen LogP contribution is 2.35. The zero-order valence-corrected chi connectivity index (χ0v) is 12.5. The number of aromatic nitrogens is 2. The van der Waals surface area contributed by atoms with Crippen molar-refractivity contribution in [3.05, 3.63) is 52.1 Å². The van der Waals surface area contributed by atoms with Crippen LogP contribution < -0.4 is 10.5 Å². The Bertz CT molecular complexity index is 794. The summed E-state index contributed by atoms with van der Waals surface area (Å²) in [5.41, 5.74) is 5.57. The summed E-state index contributed by atoms with van der Waals surface area (Å²) in [5.74, 6) is 1.18. The molecule has 0 aliphatic heterocycles. The Kier molecular flexibility index (Phi) is 3.46. The SMILES string of the molecule is Nc1ncc(Br)c(Oc2ccc(Cl)c3ccccc23)n1. The van der Waals surface area contributed by atoms with Gasteiger partial charge in [-0.3, -0.25) is 0 Å². The number of benzene rings is 2. The lowest BCUT2D eigenvalue weighted by molar-refractivity contribution is 0.464. The number of nitrogen functional groups attached to an aromatic ring is 1. The lowest BCUT2D eigenvalue weighted by Gasteiger charge is -2.10. The van der Waals surface area contributed by atoms with Crippen LogP contribution in [0.1, 0.15) is 0 Å². The molecule has 0 atom stereocenters. The van der Waals surface area contributed by atoms with Crippen molar-refractivity contribution < 1.29 is 4.74 Å². The van der Waals surface area contributed by atoms with Gasteiger partial charge in [0, 0.05) is 15.8 Å². The predicted octanol–water partition coefficient (Wildman–Crippen LogP) is 4.42. The van der Waals surface area contributed by atoms with Gasteiger partial charge in [0.2, 0.25) is 11.8 Å². The molecular weight excluding hydrogens is 342 g/mol. The third-order valence-electron chi connectivity index (χ3n) is 2.77. The Hall–Kier alpha value is -1.85. The van der Waals surface area contributed by atoms with E-state index in [1.165, 1.54) is 0 Å². The summed E-state index contributed by atoms with van der Waals surface area (Å²) in [6.07, 6.45) is 1.55. The minimum absolute atomic E-state index is 0.154. The minimum atomic E-state index is 0.154. The maximum atomic E-state index is 6.18. The molecule has 2 aromatic carbocycles. The fourth-order valence-corrected chi connectivity index (χ4v) is 2.36. The van der Waals surface area contributed by atoms with Crippen LogP contribution in [0.5, 0.6) is 11.6 Å². The molecule has 1 heterocycles. The van der Waals surface area contributed by atoms with Gasteiger partial charge in [0.15, 0.2) is 0 Å². The van der Waals surface area contributed by atoms with Gasteiger partial charge in [-0.2, -0.15) is 4.98 Å². The highest BCUT2D eigenvalue weighted by atomic mass is 79.9. The predicted molar refractivity (Wildman–Crippen MR) is 83.2 cm³/mol. The second kappa shape index (κ2) is 5.26. The lowest BCUT2D eigenvalue weighted by Crippen LogP contribution is -1.97. The molecule has 100 valence electrons. The summed E-state index contributed by atoms with van der Waals surface area (Å²) in [6, 6.07) is 11.3. The van der Waals surface area contributed by atoms with Crippen molar-refractivity contribution in [2.24, 2.45) is 0 Å². The Morgan fingerprint density at radius 2 is 1.85 bits per heavy atom. The lowest BCUT2D eigenvalue weighted by atomic mass is 10.1. The van der Waals surface area contributed by atoms with Crippen molar-refractivity contribution in [3.8, 4) is 11.6 Å². The summed E-state index contributed by atoms with van der Waals surface area (Å²) < 4.78 is 6.45. The number of fused-ring (bicyclic) bond motifs is 1. The van der Waals surface area contributed by atoms with E-state index in [9.17, 15) is 0 Å². The number of halogens is 2. The molecular formula is C14H9BrClN3O. The first kappa shape index (κ1) is 13.1. The smallest absolute Gasteiger partial charge is 0.238 e. The van der Waals surface area contributed by atoms with E-state index in [1.807, 2.05) is 24.3 Å². The van der Waals surface area contributed by atoms with Gasteiger partial charge in [0.25, 0.3) is 0 Å². The molecule has 4 nitrogen and oxygen atoms in total. The molecule has 0 aliphatic rings. The van der Waals surface area contributed by atoms with Crippen LogP contribution in [0.4, 0.5) is 5.95 Å². The number of rotatable bonds is 2. The van der Waals surface area contributed by atoms with Gasteiger partial charge in [-0.15, -0.1) is 0 Å². The molecule has 0 bridgehead atoms. The standard InChI is InChI=1S/C14H9BrClN3O/c15-10-7-18-14(17)19-13(10)20-12-6-5-11(16)8-3-1-2-4-9(8)12/h1-7H,(H2,17,18,19). The van der Waals surface area contributed by atoms with Crippen molar-refractivity contribution in [2.45, 2.75) is 0 Å². The van der Waals surface area contributed by atoms with E-state index in [4.69, 9.17) is 22.1 Å². The minimum Gasteiger partial charge on any atom is -0.437 e. The number of ether oxygens (including phenoxy) is 1. The summed E-state index contributed by atoms with van der Waals surface area (Å²) in [6.45, 7) is 0. The van der Waals surface area contributed by atoms with Crippen LogP contribution in [0, 0.1) is 0 Å². The van der Waals surface area contributed by atoms with E-state index in [0.29, 0.717) is 21.1 Å². The van der Waals surface area contributed by atoms with E-state index in [0.717, 1.165) is 10.8 Å². The number of nitrogens with two attached hydrogens (primary N) is 1.